The molecule has 0 spiro atoms. The lowest BCUT2D eigenvalue weighted by Gasteiger charge is -2.10. The highest BCUT2D eigenvalue weighted by Gasteiger charge is 2.31. The maximum atomic E-state index is 10.9. The zero-order valence-electron chi connectivity index (χ0n) is 5.87. The third-order valence-electron chi connectivity index (χ3n) is 1.63. The summed E-state index contributed by atoms with van der Waals surface area (Å²) in [7, 11) is 1.40. The van der Waals surface area contributed by atoms with Crippen LogP contribution in [0.25, 0.3) is 0 Å². The van der Waals surface area contributed by atoms with Crippen molar-refractivity contribution in [2.75, 3.05) is 18.6 Å². The van der Waals surface area contributed by atoms with E-state index in [2.05, 4.69) is 4.74 Å². The first-order valence-corrected chi connectivity index (χ1v) is 4.32. The second-order valence-electron chi connectivity index (χ2n) is 2.33. The lowest BCUT2D eigenvalue weighted by Crippen LogP contribution is -2.34. The molecule has 1 fully saturated rings. The van der Waals surface area contributed by atoms with Gasteiger partial charge in [-0.25, -0.2) is 0 Å². The van der Waals surface area contributed by atoms with Crippen molar-refractivity contribution in [1.29, 1.82) is 0 Å². The monoisotopic (exact) mass is 161 g/mol. The molecule has 2 atom stereocenters. The van der Waals surface area contributed by atoms with E-state index in [9.17, 15) is 4.79 Å². The second-order valence-corrected chi connectivity index (χ2v) is 3.41. The Hall–Kier alpha value is -0.220. The largest absolute Gasteiger partial charge is 0.469 e. The van der Waals surface area contributed by atoms with Crippen LogP contribution in [0.3, 0.4) is 0 Å². The number of thioether (sulfide) groups is 1. The van der Waals surface area contributed by atoms with Crippen molar-refractivity contribution < 1.29 is 9.53 Å². The third kappa shape index (κ3) is 1.44. The Labute approximate surface area is 64.3 Å². The Morgan fingerprint density at radius 2 is 2.40 bits per heavy atom. The molecule has 0 aromatic carbocycles. The molecule has 0 bridgehead atoms. The van der Waals surface area contributed by atoms with Crippen molar-refractivity contribution >= 4 is 17.7 Å². The highest BCUT2D eigenvalue weighted by molar-refractivity contribution is 7.99. The topological polar surface area (TPSA) is 52.3 Å². The highest BCUT2D eigenvalue weighted by Crippen LogP contribution is 2.23. The average Bonchev–Trinajstić information content (AvgIpc) is 2.34. The summed E-state index contributed by atoms with van der Waals surface area (Å²) in [6.45, 7) is 0. The number of carbonyl (C=O) groups is 1. The van der Waals surface area contributed by atoms with Crippen LogP contribution in [-0.4, -0.2) is 30.6 Å². The van der Waals surface area contributed by atoms with E-state index in [0.29, 0.717) is 0 Å². The van der Waals surface area contributed by atoms with Gasteiger partial charge < -0.3 is 10.5 Å². The average molecular weight is 161 g/mol. The molecule has 1 aliphatic rings. The van der Waals surface area contributed by atoms with Gasteiger partial charge in [-0.2, -0.15) is 11.8 Å². The summed E-state index contributed by atoms with van der Waals surface area (Å²) in [5.74, 6) is 1.45. The fraction of sp³-hybridized carbons (Fsp3) is 0.833. The zero-order valence-corrected chi connectivity index (χ0v) is 6.69. The van der Waals surface area contributed by atoms with Gasteiger partial charge in [0, 0.05) is 17.5 Å². The molecule has 0 saturated carbocycles. The van der Waals surface area contributed by atoms with Crippen LogP contribution in [0.5, 0.6) is 0 Å². The van der Waals surface area contributed by atoms with Gasteiger partial charge in [0.05, 0.1) is 13.0 Å². The van der Waals surface area contributed by atoms with E-state index in [4.69, 9.17) is 5.73 Å². The maximum absolute atomic E-state index is 10.9. The molecule has 2 N–H and O–H groups in total. The SMILES string of the molecule is COC(=O)[C@H]1CSC[C@@H]1N. The Morgan fingerprint density at radius 1 is 1.70 bits per heavy atom. The van der Waals surface area contributed by atoms with Crippen molar-refractivity contribution in [3.8, 4) is 0 Å². The van der Waals surface area contributed by atoms with Gasteiger partial charge >= 0.3 is 5.97 Å². The van der Waals surface area contributed by atoms with E-state index >= 15 is 0 Å². The van der Waals surface area contributed by atoms with Gasteiger partial charge in [-0.1, -0.05) is 0 Å². The first-order valence-electron chi connectivity index (χ1n) is 3.17. The van der Waals surface area contributed by atoms with Crippen molar-refractivity contribution in [3.05, 3.63) is 0 Å². The summed E-state index contributed by atoms with van der Waals surface area (Å²) < 4.78 is 4.57. The van der Waals surface area contributed by atoms with Crippen LogP contribution in [0, 0.1) is 5.92 Å². The number of rotatable bonds is 1. The van der Waals surface area contributed by atoms with E-state index in [1.54, 1.807) is 11.8 Å². The van der Waals surface area contributed by atoms with Crippen molar-refractivity contribution in [3.63, 3.8) is 0 Å². The molecule has 1 heterocycles. The molecule has 1 rings (SSSR count). The molecule has 0 unspecified atom stereocenters. The third-order valence-corrected chi connectivity index (χ3v) is 2.84. The number of esters is 1. The Kier molecular flexibility index (Phi) is 2.56. The van der Waals surface area contributed by atoms with Crippen LogP contribution in [0.4, 0.5) is 0 Å². The number of hydrogen-bond donors (Lipinski definition) is 1. The number of nitrogens with two attached hydrogens (primary N) is 1. The molecule has 0 amide bonds. The van der Waals surface area contributed by atoms with Crippen LogP contribution in [-0.2, 0) is 9.53 Å². The normalized spacial score (nSPS) is 32.2. The smallest absolute Gasteiger partial charge is 0.311 e. The highest BCUT2D eigenvalue weighted by atomic mass is 32.2. The van der Waals surface area contributed by atoms with E-state index in [1.807, 2.05) is 0 Å². The molecule has 0 radical (unpaired) electrons. The van der Waals surface area contributed by atoms with Gasteiger partial charge in [0.1, 0.15) is 0 Å². The van der Waals surface area contributed by atoms with Crippen molar-refractivity contribution in [2.24, 2.45) is 11.7 Å². The molecular formula is C6H11NO2S. The van der Waals surface area contributed by atoms with Crippen molar-refractivity contribution in [1.82, 2.24) is 0 Å². The van der Waals surface area contributed by atoms with Gasteiger partial charge in [-0.3, -0.25) is 4.79 Å². The molecular weight excluding hydrogens is 150 g/mol. The Balaban J connectivity index is 2.46. The van der Waals surface area contributed by atoms with E-state index in [0.717, 1.165) is 11.5 Å². The zero-order chi connectivity index (χ0) is 7.56. The molecule has 1 saturated heterocycles. The van der Waals surface area contributed by atoms with E-state index < -0.39 is 0 Å². The fourth-order valence-electron chi connectivity index (χ4n) is 0.965. The van der Waals surface area contributed by atoms with Crippen LogP contribution >= 0.6 is 11.8 Å². The molecule has 1 aliphatic heterocycles. The predicted molar refractivity (Wildman–Crippen MR) is 40.8 cm³/mol. The molecule has 58 valence electrons. The number of methoxy groups -OCH3 is 1. The van der Waals surface area contributed by atoms with Gasteiger partial charge in [0.25, 0.3) is 0 Å². The predicted octanol–water partition coefficient (Wildman–Crippen LogP) is -0.150. The summed E-state index contributed by atoms with van der Waals surface area (Å²) in [6, 6.07) is -0.00236. The van der Waals surface area contributed by atoms with Gasteiger partial charge in [0.2, 0.25) is 0 Å². The summed E-state index contributed by atoms with van der Waals surface area (Å²) in [6.07, 6.45) is 0. The summed E-state index contributed by atoms with van der Waals surface area (Å²) >= 11 is 1.71. The quantitative estimate of drug-likeness (QED) is 0.543. The van der Waals surface area contributed by atoms with Crippen molar-refractivity contribution in [2.45, 2.75) is 6.04 Å². The molecule has 0 aromatic rings. The standard InChI is InChI=1S/C6H11NO2S/c1-9-6(8)4-2-10-3-5(4)7/h4-5H,2-3,7H2,1H3/t4-,5-/m0/s1. The lowest BCUT2D eigenvalue weighted by atomic mass is 10.1. The minimum atomic E-state index is -0.169. The first-order chi connectivity index (χ1) is 4.75. The molecule has 4 heteroatoms. The first kappa shape index (κ1) is 7.88. The maximum Gasteiger partial charge on any atom is 0.311 e. The van der Waals surface area contributed by atoms with Gasteiger partial charge in [-0.15, -0.1) is 0 Å². The Morgan fingerprint density at radius 3 is 2.80 bits per heavy atom. The fourth-order valence-corrected chi connectivity index (χ4v) is 2.24. The van der Waals surface area contributed by atoms with E-state index in [-0.39, 0.29) is 17.9 Å². The molecule has 0 aliphatic carbocycles. The number of carbonyl (C=O) groups excluding carboxylic acids is 1. The van der Waals surface area contributed by atoms with Crippen LogP contribution < -0.4 is 5.73 Å². The number of ether oxygens (including phenoxy) is 1. The summed E-state index contributed by atoms with van der Waals surface area (Å²) in [5.41, 5.74) is 5.63. The van der Waals surface area contributed by atoms with E-state index in [1.165, 1.54) is 7.11 Å². The summed E-state index contributed by atoms with van der Waals surface area (Å²) in [5, 5.41) is 0. The van der Waals surface area contributed by atoms with Gasteiger partial charge in [-0.05, 0) is 0 Å². The second kappa shape index (κ2) is 3.25. The number of hydrogen-bond acceptors (Lipinski definition) is 4. The van der Waals surface area contributed by atoms with Crippen LogP contribution in [0.2, 0.25) is 0 Å². The minimum Gasteiger partial charge on any atom is -0.469 e. The lowest BCUT2D eigenvalue weighted by molar-refractivity contribution is -0.144. The Bertz CT molecular complexity index is 140. The van der Waals surface area contributed by atoms with Gasteiger partial charge in [0.15, 0.2) is 0 Å². The van der Waals surface area contributed by atoms with Crippen LogP contribution in [0.1, 0.15) is 0 Å². The minimum absolute atomic E-state index is 0.00236. The molecule has 0 aromatic heterocycles. The molecule has 10 heavy (non-hydrogen) atoms. The molecule has 3 nitrogen and oxygen atoms in total. The van der Waals surface area contributed by atoms with Crippen LogP contribution in [0.15, 0.2) is 0 Å². The summed E-state index contributed by atoms with van der Waals surface area (Å²) in [4.78, 5) is 10.9.